The fourth-order valence-electron chi connectivity index (χ4n) is 1.90. The Kier molecular flexibility index (Phi) is 3.06. The minimum Gasteiger partial charge on any atom is -0.348 e. The molecule has 2 atom stereocenters. The van der Waals surface area contributed by atoms with Crippen LogP contribution in [0.3, 0.4) is 0 Å². The topological polar surface area (TPSA) is 55.1 Å². The van der Waals surface area contributed by atoms with Crippen molar-refractivity contribution in [2.24, 2.45) is 5.73 Å². The Labute approximate surface area is 95.8 Å². The van der Waals surface area contributed by atoms with Gasteiger partial charge in [-0.25, -0.2) is 13.2 Å². The highest BCUT2D eigenvalue weighted by molar-refractivity contribution is 5.77. The monoisotopic (exact) mass is 244 g/mol. The predicted molar refractivity (Wildman–Crippen MR) is 54.4 cm³/mol. The number of nitrogens with one attached hydrogen (secondary N) is 1. The van der Waals surface area contributed by atoms with Crippen molar-refractivity contribution in [2.45, 2.75) is 24.9 Å². The molecule has 1 aliphatic rings. The van der Waals surface area contributed by atoms with Gasteiger partial charge in [0.15, 0.2) is 17.5 Å². The third-order valence-electron chi connectivity index (χ3n) is 2.81. The molecule has 3 nitrogen and oxygen atoms in total. The zero-order valence-corrected chi connectivity index (χ0v) is 8.84. The molecule has 0 saturated carbocycles. The molecule has 0 aromatic heterocycles. The van der Waals surface area contributed by atoms with E-state index >= 15 is 0 Å². The number of benzene rings is 1. The molecule has 1 fully saturated rings. The third kappa shape index (κ3) is 2.26. The molecule has 0 bridgehead atoms. The van der Waals surface area contributed by atoms with Crippen molar-refractivity contribution in [3.05, 3.63) is 35.1 Å². The van der Waals surface area contributed by atoms with Crippen LogP contribution in [0.2, 0.25) is 0 Å². The van der Waals surface area contributed by atoms with Crippen LogP contribution in [0.4, 0.5) is 13.2 Å². The Balaban J connectivity index is 2.35. The average Bonchev–Trinajstić information content (AvgIpc) is 2.28. The van der Waals surface area contributed by atoms with E-state index in [0.29, 0.717) is 6.42 Å². The molecule has 2 unspecified atom stereocenters. The first kappa shape index (κ1) is 11.9. The van der Waals surface area contributed by atoms with Crippen molar-refractivity contribution in [3.8, 4) is 0 Å². The molecule has 3 N–H and O–H groups in total. The van der Waals surface area contributed by atoms with Gasteiger partial charge in [0.1, 0.15) is 0 Å². The summed E-state index contributed by atoms with van der Waals surface area (Å²) in [5.41, 5.74) is 5.90. The van der Waals surface area contributed by atoms with Gasteiger partial charge >= 0.3 is 0 Å². The summed E-state index contributed by atoms with van der Waals surface area (Å²) in [5, 5.41) is 2.54. The van der Waals surface area contributed by atoms with Gasteiger partial charge in [-0.1, -0.05) is 0 Å². The number of nitrogens with two attached hydrogens (primary N) is 1. The van der Waals surface area contributed by atoms with Gasteiger partial charge in [0, 0.05) is 12.5 Å². The summed E-state index contributed by atoms with van der Waals surface area (Å²) in [7, 11) is 0. The molecule has 0 aliphatic carbocycles. The molecule has 0 radical (unpaired) electrons. The van der Waals surface area contributed by atoms with E-state index in [2.05, 4.69) is 5.32 Å². The molecule has 1 saturated heterocycles. The Hall–Kier alpha value is -1.56. The van der Waals surface area contributed by atoms with E-state index in [-0.39, 0.29) is 17.9 Å². The van der Waals surface area contributed by atoms with Gasteiger partial charge in [0.25, 0.3) is 0 Å². The van der Waals surface area contributed by atoms with Crippen molar-refractivity contribution < 1.29 is 18.0 Å². The minimum absolute atomic E-state index is 0.141. The number of hydrogen-bond acceptors (Lipinski definition) is 2. The van der Waals surface area contributed by atoms with Gasteiger partial charge in [-0.2, -0.15) is 0 Å². The fourth-order valence-corrected chi connectivity index (χ4v) is 1.90. The second-order valence-corrected chi connectivity index (χ2v) is 4.05. The Bertz CT molecular complexity index is 441. The van der Waals surface area contributed by atoms with Crippen LogP contribution in [-0.4, -0.2) is 11.9 Å². The van der Waals surface area contributed by atoms with E-state index in [0.717, 1.165) is 12.1 Å². The van der Waals surface area contributed by atoms with Crippen LogP contribution in [0, 0.1) is 17.5 Å². The molecule has 1 heterocycles. The third-order valence-corrected chi connectivity index (χ3v) is 2.81. The van der Waals surface area contributed by atoms with Gasteiger partial charge in [0.2, 0.25) is 5.91 Å². The predicted octanol–water partition coefficient (Wildman–Crippen LogP) is 1.38. The first-order valence-electron chi connectivity index (χ1n) is 5.18. The number of halogens is 3. The quantitative estimate of drug-likeness (QED) is 0.733. The maximum atomic E-state index is 13.1. The molecule has 1 aromatic rings. The average molecular weight is 244 g/mol. The number of carbonyl (C=O) groups is 1. The smallest absolute Gasteiger partial charge is 0.220 e. The van der Waals surface area contributed by atoms with E-state index < -0.39 is 29.5 Å². The maximum absolute atomic E-state index is 13.1. The van der Waals surface area contributed by atoms with Gasteiger partial charge < -0.3 is 11.1 Å². The summed E-state index contributed by atoms with van der Waals surface area (Å²) < 4.78 is 38.9. The van der Waals surface area contributed by atoms with Crippen molar-refractivity contribution in [1.82, 2.24) is 5.32 Å². The molecule has 17 heavy (non-hydrogen) atoms. The summed E-state index contributed by atoms with van der Waals surface area (Å²) in [4.78, 5) is 11.2. The summed E-state index contributed by atoms with van der Waals surface area (Å²) in [6.07, 6.45) is 0.709. The summed E-state index contributed by atoms with van der Waals surface area (Å²) >= 11 is 0. The number of hydrogen-bond donors (Lipinski definition) is 2. The number of carbonyl (C=O) groups excluding carboxylic acids is 1. The van der Waals surface area contributed by atoms with Gasteiger partial charge in [-0.15, -0.1) is 0 Å². The van der Waals surface area contributed by atoms with Gasteiger partial charge in [-0.3, -0.25) is 4.79 Å². The molecular formula is C11H11F3N2O. The van der Waals surface area contributed by atoms with E-state index in [4.69, 9.17) is 5.73 Å². The van der Waals surface area contributed by atoms with E-state index in [1.807, 2.05) is 0 Å². The lowest BCUT2D eigenvalue weighted by Crippen LogP contribution is -2.45. The standard InChI is InChI=1S/C11H11F3N2O/c12-6-3-5(4-7(13)10(6)14)11-8(15)1-2-9(17)16-11/h3-4,8,11H,1-2,15H2,(H,16,17). The van der Waals surface area contributed by atoms with Crippen LogP contribution in [0.1, 0.15) is 24.4 Å². The van der Waals surface area contributed by atoms with E-state index in [9.17, 15) is 18.0 Å². The molecule has 92 valence electrons. The largest absolute Gasteiger partial charge is 0.348 e. The normalized spacial score (nSPS) is 24.6. The van der Waals surface area contributed by atoms with Gasteiger partial charge in [-0.05, 0) is 24.1 Å². The SMILES string of the molecule is NC1CCC(=O)NC1c1cc(F)c(F)c(F)c1. The Morgan fingerprint density at radius 2 is 1.82 bits per heavy atom. The lowest BCUT2D eigenvalue weighted by Gasteiger charge is -2.29. The molecule has 1 aliphatic heterocycles. The Morgan fingerprint density at radius 1 is 1.24 bits per heavy atom. The van der Waals surface area contributed by atoms with Crippen LogP contribution in [0.5, 0.6) is 0 Å². The van der Waals surface area contributed by atoms with Crippen LogP contribution >= 0.6 is 0 Å². The molecule has 1 amide bonds. The van der Waals surface area contributed by atoms with E-state index in [1.165, 1.54) is 0 Å². The Morgan fingerprint density at radius 3 is 2.41 bits per heavy atom. The van der Waals surface area contributed by atoms with Crippen LogP contribution < -0.4 is 11.1 Å². The van der Waals surface area contributed by atoms with Crippen LogP contribution in [-0.2, 0) is 4.79 Å². The fraction of sp³-hybridized carbons (Fsp3) is 0.364. The number of piperidine rings is 1. The maximum Gasteiger partial charge on any atom is 0.220 e. The highest BCUT2D eigenvalue weighted by atomic mass is 19.2. The van der Waals surface area contributed by atoms with Gasteiger partial charge in [0.05, 0.1) is 6.04 Å². The molecule has 2 rings (SSSR count). The second-order valence-electron chi connectivity index (χ2n) is 4.05. The van der Waals surface area contributed by atoms with Crippen LogP contribution in [0.25, 0.3) is 0 Å². The molecule has 1 aromatic carbocycles. The summed E-state index contributed by atoms with van der Waals surface area (Å²) in [6, 6.07) is 0.598. The zero-order valence-electron chi connectivity index (χ0n) is 8.84. The van der Waals surface area contributed by atoms with E-state index in [1.54, 1.807) is 0 Å². The molecule has 6 heteroatoms. The number of amides is 1. The highest BCUT2D eigenvalue weighted by Gasteiger charge is 2.28. The highest BCUT2D eigenvalue weighted by Crippen LogP contribution is 2.25. The molecule has 0 spiro atoms. The summed E-state index contributed by atoms with van der Waals surface area (Å²) in [6.45, 7) is 0. The summed E-state index contributed by atoms with van der Waals surface area (Å²) in [5.74, 6) is -4.33. The van der Waals surface area contributed by atoms with Crippen molar-refractivity contribution in [2.75, 3.05) is 0 Å². The van der Waals surface area contributed by atoms with Crippen molar-refractivity contribution in [3.63, 3.8) is 0 Å². The lowest BCUT2D eigenvalue weighted by molar-refractivity contribution is -0.123. The molecular weight excluding hydrogens is 233 g/mol. The zero-order chi connectivity index (χ0) is 12.6. The first-order chi connectivity index (χ1) is 7.99. The number of rotatable bonds is 1. The van der Waals surface area contributed by atoms with Crippen LogP contribution in [0.15, 0.2) is 12.1 Å². The van der Waals surface area contributed by atoms with Crippen molar-refractivity contribution >= 4 is 5.91 Å². The van der Waals surface area contributed by atoms with Crippen molar-refractivity contribution in [1.29, 1.82) is 0 Å². The first-order valence-corrected chi connectivity index (χ1v) is 5.18. The lowest BCUT2D eigenvalue weighted by atomic mass is 9.92. The minimum atomic E-state index is -1.52. The second kappa shape index (κ2) is 4.37.